The third-order valence-corrected chi connectivity index (χ3v) is 5.21. The minimum absolute atomic E-state index is 0.0484. The van der Waals surface area contributed by atoms with E-state index in [0.717, 1.165) is 29.5 Å². The molecule has 0 radical (unpaired) electrons. The molecule has 0 aliphatic carbocycles. The van der Waals surface area contributed by atoms with E-state index in [9.17, 15) is 4.79 Å². The van der Waals surface area contributed by atoms with Crippen molar-refractivity contribution in [3.63, 3.8) is 0 Å². The standard InChI is InChI=1S/C24H29N5O3/c1-4-18(26-23-21(15-29(3)27-23)24(30)32-5-2)14-16-10-12-17(13-11-16)19-8-6-7-9-20(19)22(25)28-31/h6-13,15,18,31H,4-5,14H2,1-3H3,(H2,25,28)(H,26,27). The molecule has 1 heterocycles. The van der Waals surface area contributed by atoms with Crippen molar-refractivity contribution >= 4 is 17.6 Å². The molecule has 8 nitrogen and oxygen atoms in total. The summed E-state index contributed by atoms with van der Waals surface area (Å²) in [4.78, 5) is 12.2. The van der Waals surface area contributed by atoms with Crippen molar-refractivity contribution in [1.29, 1.82) is 5.41 Å². The van der Waals surface area contributed by atoms with E-state index in [1.54, 1.807) is 30.9 Å². The van der Waals surface area contributed by atoms with Crippen LogP contribution in [0.4, 0.5) is 5.82 Å². The zero-order valence-electron chi connectivity index (χ0n) is 18.6. The van der Waals surface area contributed by atoms with Crippen LogP contribution >= 0.6 is 0 Å². The van der Waals surface area contributed by atoms with Gasteiger partial charge in [0.05, 0.1) is 6.61 Å². The largest absolute Gasteiger partial charge is 0.462 e. The molecule has 0 amide bonds. The summed E-state index contributed by atoms with van der Waals surface area (Å²) in [6.45, 7) is 4.18. The Labute approximate surface area is 187 Å². The number of benzene rings is 2. The van der Waals surface area contributed by atoms with Crippen LogP contribution in [0.3, 0.4) is 0 Å². The number of nitrogens with zero attached hydrogens (tertiary/aromatic N) is 2. The highest BCUT2D eigenvalue weighted by Crippen LogP contribution is 2.25. The maximum atomic E-state index is 12.2. The lowest BCUT2D eigenvalue weighted by molar-refractivity contribution is 0.0527. The fourth-order valence-corrected chi connectivity index (χ4v) is 3.56. The van der Waals surface area contributed by atoms with Crippen molar-refractivity contribution in [3.8, 4) is 11.1 Å². The number of ether oxygens (including phenoxy) is 1. The van der Waals surface area contributed by atoms with Crippen molar-refractivity contribution in [1.82, 2.24) is 15.3 Å². The monoisotopic (exact) mass is 435 g/mol. The van der Waals surface area contributed by atoms with Gasteiger partial charge in [-0.05, 0) is 36.5 Å². The zero-order chi connectivity index (χ0) is 23.1. The number of aromatic nitrogens is 2. The molecule has 1 unspecified atom stereocenters. The predicted octanol–water partition coefficient (Wildman–Crippen LogP) is 4.00. The highest BCUT2D eigenvalue weighted by molar-refractivity contribution is 6.01. The quantitative estimate of drug-likeness (QED) is 0.175. The molecule has 1 atom stereocenters. The third kappa shape index (κ3) is 5.33. The predicted molar refractivity (Wildman–Crippen MR) is 124 cm³/mol. The summed E-state index contributed by atoms with van der Waals surface area (Å²) < 4.78 is 6.74. The maximum absolute atomic E-state index is 12.2. The van der Waals surface area contributed by atoms with Crippen LogP contribution in [0.25, 0.3) is 11.1 Å². The molecular formula is C24H29N5O3. The van der Waals surface area contributed by atoms with E-state index in [0.29, 0.717) is 23.6 Å². The van der Waals surface area contributed by atoms with Crippen molar-refractivity contribution < 1.29 is 14.7 Å². The second kappa shape index (κ2) is 10.6. The Kier molecular flexibility index (Phi) is 7.62. The van der Waals surface area contributed by atoms with Gasteiger partial charge in [0.15, 0.2) is 5.82 Å². The molecule has 0 saturated heterocycles. The molecule has 1 aromatic heterocycles. The summed E-state index contributed by atoms with van der Waals surface area (Å²) in [6.07, 6.45) is 3.27. The highest BCUT2D eigenvalue weighted by atomic mass is 16.5. The Morgan fingerprint density at radius 3 is 2.53 bits per heavy atom. The summed E-state index contributed by atoms with van der Waals surface area (Å²) in [5.41, 5.74) is 5.93. The molecule has 8 heteroatoms. The van der Waals surface area contributed by atoms with Crippen LogP contribution in [0.5, 0.6) is 0 Å². The minimum Gasteiger partial charge on any atom is -0.462 e. The summed E-state index contributed by atoms with van der Waals surface area (Å²) in [5, 5.41) is 24.8. The van der Waals surface area contributed by atoms with E-state index >= 15 is 0 Å². The molecule has 0 aliphatic rings. The Morgan fingerprint density at radius 2 is 1.88 bits per heavy atom. The molecule has 0 aliphatic heterocycles. The molecule has 0 fully saturated rings. The van der Waals surface area contributed by atoms with E-state index in [2.05, 4.69) is 29.5 Å². The fraction of sp³-hybridized carbons (Fsp3) is 0.292. The smallest absolute Gasteiger partial charge is 0.343 e. The maximum Gasteiger partial charge on any atom is 0.343 e. The second-order valence-electron chi connectivity index (χ2n) is 7.47. The number of carbonyl (C=O) groups excluding carboxylic acids is 1. The lowest BCUT2D eigenvalue weighted by Gasteiger charge is -2.18. The molecule has 0 spiro atoms. The fourth-order valence-electron chi connectivity index (χ4n) is 3.56. The van der Waals surface area contributed by atoms with Gasteiger partial charge in [-0.25, -0.2) is 4.79 Å². The number of hydroxylamine groups is 1. The number of hydrogen-bond acceptors (Lipinski definition) is 6. The van der Waals surface area contributed by atoms with Gasteiger partial charge in [0.2, 0.25) is 0 Å². The first-order chi connectivity index (χ1) is 15.5. The van der Waals surface area contributed by atoms with Crippen LogP contribution in [0, 0.1) is 5.41 Å². The van der Waals surface area contributed by atoms with E-state index in [-0.39, 0.29) is 17.8 Å². The van der Waals surface area contributed by atoms with Crippen LogP contribution in [-0.2, 0) is 18.2 Å². The Hall–Kier alpha value is -3.65. The van der Waals surface area contributed by atoms with Crippen LogP contribution in [0.2, 0.25) is 0 Å². The third-order valence-electron chi connectivity index (χ3n) is 5.21. The Morgan fingerprint density at radius 1 is 1.16 bits per heavy atom. The first kappa shape index (κ1) is 23.0. The average molecular weight is 436 g/mol. The lowest BCUT2D eigenvalue weighted by atomic mass is 9.96. The zero-order valence-corrected chi connectivity index (χ0v) is 18.6. The Balaban J connectivity index is 1.76. The molecule has 0 saturated carbocycles. The summed E-state index contributed by atoms with van der Waals surface area (Å²) in [7, 11) is 1.78. The number of amidine groups is 1. The van der Waals surface area contributed by atoms with Gasteiger partial charge >= 0.3 is 5.97 Å². The van der Waals surface area contributed by atoms with Gasteiger partial charge in [0.1, 0.15) is 11.4 Å². The molecule has 3 aromatic rings. The Bertz CT molecular complexity index is 1080. The van der Waals surface area contributed by atoms with Gasteiger partial charge in [-0.1, -0.05) is 55.5 Å². The van der Waals surface area contributed by atoms with Gasteiger partial charge in [-0.3, -0.25) is 20.8 Å². The number of aryl methyl sites for hydroxylation is 1. The molecule has 168 valence electrons. The normalized spacial score (nSPS) is 11.6. The molecule has 3 rings (SSSR count). The van der Waals surface area contributed by atoms with Gasteiger partial charge in [-0.15, -0.1) is 0 Å². The van der Waals surface area contributed by atoms with Crippen molar-refractivity contribution in [2.24, 2.45) is 7.05 Å². The van der Waals surface area contributed by atoms with E-state index in [1.807, 2.05) is 35.8 Å². The molecule has 32 heavy (non-hydrogen) atoms. The van der Waals surface area contributed by atoms with Crippen LogP contribution in [0.15, 0.2) is 54.7 Å². The molecule has 2 aromatic carbocycles. The number of anilines is 1. The number of carbonyl (C=O) groups is 1. The SMILES string of the molecule is CCOC(=O)c1cn(C)nc1NC(CC)Cc1ccc(-c2ccccc2C(=N)NO)cc1. The summed E-state index contributed by atoms with van der Waals surface area (Å²) in [5.74, 6) is 0.0926. The average Bonchev–Trinajstić information content (AvgIpc) is 3.18. The summed E-state index contributed by atoms with van der Waals surface area (Å²) >= 11 is 0. The first-order valence-electron chi connectivity index (χ1n) is 10.6. The van der Waals surface area contributed by atoms with Gasteiger partial charge in [-0.2, -0.15) is 5.10 Å². The number of hydrogen-bond donors (Lipinski definition) is 4. The van der Waals surface area contributed by atoms with E-state index in [4.69, 9.17) is 15.4 Å². The highest BCUT2D eigenvalue weighted by Gasteiger charge is 2.19. The second-order valence-corrected chi connectivity index (χ2v) is 7.47. The number of rotatable bonds is 9. The van der Waals surface area contributed by atoms with Gasteiger partial charge in [0, 0.05) is 24.8 Å². The minimum atomic E-state index is -0.385. The van der Waals surface area contributed by atoms with E-state index in [1.165, 1.54) is 0 Å². The number of esters is 1. The van der Waals surface area contributed by atoms with Crippen molar-refractivity contribution in [2.75, 3.05) is 11.9 Å². The van der Waals surface area contributed by atoms with Crippen LogP contribution in [-0.4, -0.2) is 39.4 Å². The first-order valence-corrected chi connectivity index (χ1v) is 10.6. The van der Waals surface area contributed by atoms with Crippen molar-refractivity contribution in [2.45, 2.75) is 32.7 Å². The van der Waals surface area contributed by atoms with Crippen LogP contribution < -0.4 is 10.8 Å². The molecule has 4 N–H and O–H groups in total. The van der Waals surface area contributed by atoms with Crippen molar-refractivity contribution in [3.05, 3.63) is 71.4 Å². The van der Waals surface area contributed by atoms with E-state index < -0.39 is 0 Å². The van der Waals surface area contributed by atoms with Gasteiger partial charge < -0.3 is 10.1 Å². The number of nitrogens with one attached hydrogen (secondary N) is 3. The van der Waals surface area contributed by atoms with Gasteiger partial charge in [0.25, 0.3) is 0 Å². The summed E-state index contributed by atoms with van der Waals surface area (Å²) in [6, 6.07) is 15.7. The molecule has 0 bridgehead atoms. The topological polar surface area (TPSA) is 112 Å². The lowest BCUT2D eigenvalue weighted by Crippen LogP contribution is -2.23. The van der Waals surface area contributed by atoms with Crippen LogP contribution in [0.1, 0.15) is 41.8 Å². The molecular weight excluding hydrogens is 406 g/mol.